The summed E-state index contributed by atoms with van der Waals surface area (Å²) < 4.78 is 5.71. The average molecular weight is 479 g/mol. The van der Waals surface area contributed by atoms with Crippen molar-refractivity contribution in [3.05, 3.63) is 59.7 Å². The minimum Gasteiger partial charge on any atom is -0.480 e. The van der Waals surface area contributed by atoms with E-state index in [0.717, 1.165) is 35.1 Å². The van der Waals surface area contributed by atoms with Crippen LogP contribution in [-0.4, -0.2) is 41.3 Å². The van der Waals surface area contributed by atoms with Gasteiger partial charge >= 0.3 is 12.1 Å². The van der Waals surface area contributed by atoms with Crippen LogP contribution in [0.2, 0.25) is 0 Å². The van der Waals surface area contributed by atoms with Crippen molar-refractivity contribution < 1.29 is 24.2 Å². The number of carbonyl (C=O) groups is 3. The fourth-order valence-corrected chi connectivity index (χ4v) is 5.42. The number of alkyl carbamates (subject to hydrolysis) is 1. The van der Waals surface area contributed by atoms with Crippen LogP contribution in [0, 0.1) is 5.41 Å². The first kappa shape index (κ1) is 24.8. The first-order chi connectivity index (χ1) is 16.6. The topological polar surface area (TPSA) is 105 Å². The number of carboxylic acids is 1. The Bertz CT molecular complexity index is 1070. The van der Waals surface area contributed by atoms with Crippen LogP contribution in [0.1, 0.15) is 69.9 Å². The van der Waals surface area contributed by atoms with Crippen molar-refractivity contribution >= 4 is 18.0 Å². The van der Waals surface area contributed by atoms with Crippen LogP contribution in [0.25, 0.3) is 11.1 Å². The molecule has 7 heteroatoms. The Hall–Kier alpha value is -3.35. The number of carbonyl (C=O) groups excluding carboxylic acids is 2. The minimum absolute atomic E-state index is 0.0249. The van der Waals surface area contributed by atoms with Gasteiger partial charge in [-0.05, 0) is 40.5 Å². The second-order valence-corrected chi connectivity index (χ2v) is 10.8. The van der Waals surface area contributed by atoms with Gasteiger partial charge in [0.25, 0.3) is 0 Å². The molecule has 1 saturated carbocycles. The zero-order valence-corrected chi connectivity index (χ0v) is 20.6. The fraction of sp³-hybridized carbons (Fsp3) is 0.464. The van der Waals surface area contributed by atoms with Crippen LogP contribution in [0.15, 0.2) is 48.5 Å². The number of aliphatic carboxylic acids is 1. The van der Waals surface area contributed by atoms with E-state index in [9.17, 15) is 19.5 Å². The van der Waals surface area contributed by atoms with Gasteiger partial charge in [0.15, 0.2) is 0 Å². The third-order valence-corrected chi connectivity index (χ3v) is 7.19. The van der Waals surface area contributed by atoms with Gasteiger partial charge in [-0.1, -0.05) is 82.1 Å². The summed E-state index contributed by atoms with van der Waals surface area (Å²) in [4.78, 5) is 37.4. The van der Waals surface area contributed by atoms with Crippen molar-refractivity contribution in [1.82, 2.24) is 10.6 Å². The monoisotopic (exact) mass is 478 g/mol. The third-order valence-electron chi connectivity index (χ3n) is 7.19. The third kappa shape index (κ3) is 5.34. The van der Waals surface area contributed by atoms with Gasteiger partial charge in [0.1, 0.15) is 12.6 Å². The van der Waals surface area contributed by atoms with Gasteiger partial charge in [0, 0.05) is 12.3 Å². The summed E-state index contributed by atoms with van der Waals surface area (Å²) >= 11 is 0. The highest BCUT2D eigenvalue weighted by Crippen LogP contribution is 2.44. The van der Waals surface area contributed by atoms with Crippen LogP contribution >= 0.6 is 0 Å². The maximum absolute atomic E-state index is 12.9. The minimum atomic E-state index is -1.07. The molecule has 186 valence electrons. The Morgan fingerprint density at radius 3 is 2.06 bits per heavy atom. The number of carboxylic acid groups (broad SMARTS) is 1. The zero-order valence-electron chi connectivity index (χ0n) is 20.6. The molecule has 0 radical (unpaired) electrons. The van der Waals surface area contributed by atoms with Gasteiger partial charge in [0.05, 0.1) is 5.54 Å². The molecular formula is C28H34N2O5. The smallest absolute Gasteiger partial charge is 0.407 e. The number of hydrogen-bond acceptors (Lipinski definition) is 4. The van der Waals surface area contributed by atoms with E-state index in [1.807, 2.05) is 24.3 Å². The molecule has 7 nitrogen and oxygen atoms in total. The van der Waals surface area contributed by atoms with Gasteiger partial charge in [-0.15, -0.1) is 0 Å². The summed E-state index contributed by atoms with van der Waals surface area (Å²) in [5.41, 5.74) is 3.23. The Balaban J connectivity index is 1.41. The fourth-order valence-electron chi connectivity index (χ4n) is 5.42. The Kier molecular flexibility index (Phi) is 6.88. The zero-order chi connectivity index (χ0) is 25.2. The molecule has 0 heterocycles. The first-order valence-electron chi connectivity index (χ1n) is 12.2. The number of benzene rings is 2. The van der Waals surface area contributed by atoms with E-state index in [-0.39, 0.29) is 24.9 Å². The predicted octanol–water partition coefficient (Wildman–Crippen LogP) is 4.84. The molecule has 1 fully saturated rings. The van der Waals surface area contributed by atoms with Crippen LogP contribution in [0.3, 0.4) is 0 Å². The molecule has 0 spiro atoms. The molecule has 0 saturated heterocycles. The average Bonchev–Trinajstić information content (AvgIpc) is 3.37. The van der Waals surface area contributed by atoms with Gasteiger partial charge in [-0.2, -0.15) is 0 Å². The van der Waals surface area contributed by atoms with E-state index in [0.29, 0.717) is 12.8 Å². The highest BCUT2D eigenvalue weighted by Gasteiger charge is 2.40. The largest absolute Gasteiger partial charge is 0.480 e. The number of rotatable bonds is 7. The lowest BCUT2D eigenvalue weighted by Crippen LogP contribution is -2.54. The number of nitrogens with one attached hydrogen (secondary N) is 2. The Labute approximate surface area is 206 Å². The van der Waals surface area contributed by atoms with Crippen molar-refractivity contribution in [3.8, 4) is 11.1 Å². The van der Waals surface area contributed by atoms with Crippen LogP contribution in [-0.2, 0) is 14.3 Å². The van der Waals surface area contributed by atoms with E-state index in [1.54, 1.807) is 20.8 Å². The van der Waals surface area contributed by atoms with Gasteiger partial charge in [-0.25, -0.2) is 9.59 Å². The summed E-state index contributed by atoms with van der Waals surface area (Å²) in [6, 6.07) is 15.3. The van der Waals surface area contributed by atoms with Gasteiger partial charge < -0.3 is 20.5 Å². The molecule has 35 heavy (non-hydrogen) atoms. The van der Waals surface area contributed by atoms with Crippen molar-refractivity contribution in [2.45, 2.75) is 70.4 Å². The van der Waals surface area contributed by atoms with Gasteiger partial charge in [-0.3, -0.25) is 4.79 Å². The lowest BCUT2D eigenvalue weighted by molar-refractivity contribution is -0.145. The number of fused-ring (bicyclic) bond motifs is 3. The van der Waals surface area contributed by atoms with Crippen molar-refractivity contribution in [3.63, 3.8) is 0 Å². The van der Waals surface area contributed by atoms with Crippen molar-refractivity contribution in [1.29, 1.82) is 0 Å². The highest BCUT2D eigenvalue weighted by molar-refractivity contribution is 5.85. The molecule has 0 bridgehead atoms. The quantitative estimate of drug-likeness (QED) is 0.528. The second-order valence-electron chi connectivity index (χ2n) is 10.8. The SMILES string of the molecule is CC(C)(C)[C@H](NC(=O)CC1(NC(=O)OCC2c3ccccc3-c3ccccc32)CCCC1)C(=O)O. The van der Waals surface area contributed by atoms with E-state index in [1.165, 1.54) is 0 Å². The number of ether oxygens (including phenoxy) is 1. The summed E-state index contributed by atoms with van der Waals surface area (Å²) in [7, 11) is 0. The molecule has 0 aliphatic heterocycles. The molecule has 1 atom stereocenters. The van der Waals surface area contributed by atoms with E-state index >= 15 is 0 Å². The van der Waals surface area contributed by atoms with E-state index in [2.05, 4.69) is 34.9 Å². The molecule has 4 rings (SSSR count). The summed E-state index contributed by atoms with van der Waals surface area (Å²) in [6.07, 6.45) is 2.55. The lowest BCUT2D eigenvalue weighted by Gasteiger charge is -2.32. The van der Waals surface area contributed by atoms with E-state index < -0.39 is 29.1 Å². The maximum atomic E-state index is 12.9. The van der Waals surface area contributed by atoms with Crippen molar-refractivity contribution in [2.24, 2.45) is 5.41 Å². The summed E-state index contributed by atoms with van der Waals surface area (Å²) in [6.45, 7) is 5.51. The second kappa shape index (κ2) is 9.72. The Morgan fingerprint density at radius 2 is 1.54 bits per heavy atom. The first-order valence-corrected chi connectivity index (χ1v) is 12.2. The summed E-state index contributed by atoms with van der Waals surface area (Å²) in [5, 5.41) is 15.2. The van der Waals surface area contributed by atoms with Crippen molar-refractivity contribution in [2.75, 3.05) is 6.61 Å². The molecule has 0 aromatic heterocycles. The molecule has 2 aliphatic rings. The standard InChI is InChI=1S/C28H34N2O5/c1-27(2,3)24(25(32)33)29-23(31)16-28(14-8-9-15-28)30-26(34)35-17-22-20-12-6-4-10-18(20)19-11-5-7-13-21(19)22/h4-7,10-13,22,24H,8-9,14-17H2,1-3H3,(H,29,31)(H,30,34)(H,32,33)/t24-/m1/s1. The molecular weight excluding hydrogens is 444 g/mol. The van der Waals surface area contributed by atoms with Crippen LogP contribution < -0.4 is 10.6 Å². The van der Waals surface area contributed by atoms with Crippen LogP contribution in [0.4, 0.5) is 4.79 Å². The molecule has 2 amide bonds. The number of hydrogen-bond donors (Lipinski definition) is 3. The molecule has 2 aromatic carbocycles. The lowest BCUT2D eigenvalue weighted by atomic mass is 9.86. The molecule has 2 aromatic rings. The molecule has 2 aliphatic carbocycles. The van der Waals surface area contributed by atoms with Crippen LogP contribution in [0.5, 0.6) is 0 Å². The normalized spacial score (nSPS) is 17.2. The predicted molar refractivity (Wildman–Crippen MR) is 133 cm³/mol. The highest BCUT2D eigenvalue weighted by atomic mass is 16.5. The van der Waals surface area contributed by atoms with Gasteiger partial charge in [0.2, 0.25) is 5.91 Å². The Morgan fingerprint density at radius 1 is 1.00 bits per heavy atom. The molecule has 0 unspecified atom stereocenters. The maximum Gasteiger partial charge on any atom is 0.407 e. The molecule has 3 N–H and O–H groups in total. The number of amides is 2. The van der Waals surface area contributed by atoms with E-state index in [4.69, 9.17) is 4.74 Å². The summed E-state index contributed by atoms with van der Waals surface area (Å²) in [5.74, 6) is -1.50.